The van der Waals surface area contributed by atoms with Crippen molar-refractivity contribution >= 4 is 30.2 Å². The Kier molecular flexibility index (Phi) is 3.75. The van der Waals surface area contributed by atoms with Crippen LogP contribution in [0.25, 0.3) is 10.4 Å². The van der Waals surface area contributed by atoms with Crippen LogP contribution >= 0.6 is 11.3 Å². The molecule has 0 atom stereocenters. The fourth-order valence-corrected chi connectivity index (χ4v) is 3.33. The quantitative estimate of drug-likeness (QED) is 0.642. The Balaban J connectivity index is 2.01. The number of aldehydes is 1. The number of rotatable bonds is 3. The normalized spacial score (nSPS) is 19.4. The van der Waals surface area contributed by atoms with E-state index in [9.17, 15) is 4.79 Å². The van der Waals surface area contributed by atoms with Gasteiger partial charge in [0.15, 0.2) is 6.29 Å². The highest BCUT2D eigenvalue weighted by atomic mass is 32.1. The van der Waals surface area contributed by atoms with Gasteiger partial charge in [-0.2, -0.15) is 0 Å². The summed E-state index contributed by atoms with van der Waals surface area (Å²) in [7, 11) is -0.400. The third-order valence-electron chi connectivity index (χ3n) is 4.48. The minimum Gasteiger partial charge on any atom is -0.399 e. The van der Waals surface area contributed by atoms with Crippen molar-refractivity contribution in [2.75, 3.05) is 0 Å². The average molecular weight is 314 g/mol. The molecule has 2 heterocycles. The molecule has 0 bridgehead atoms. The summed E-state index contributed by atoms with van der Waals surface area (Å²) in [5.74, 6) is 0. The predicted molar refractivity (Wildman–Crippen MR) is 90.9 cm³/mol. The molecule has 114 valence electrons. The minimum atomic E-state index is -0.400. The van der Waals surface area contributed by atoms with E-state index >= 15 is 0 Å². The van der Waals surface area contributed by atoms with Crippen molar-refractivity contribution in [2.45, 2.75) is 38.9 Å². The molecule has 5 heteroatoms. The van der Waals surface area contributed by atoms with Crippen LogP contribution in [0.5, 0.6) is 0 Å². The summed E-state index contributed by atoms with van der Waals surface area (Å²) in [4.78, 5) is 12.7. The van der Waals surface area contributed by atoms with Crippen LogP contribution in [0.1, 0.15) is 37.4 Å². The summed E-state index contributed by atoms with van der Waals surface area (Å²) in [6.45, 7) is 8.19. The third-order valence-corrected chi connectivity index (χ3v) is 5.52. The first-order chi connectivity index (χ1) is 10.3. The van der Waals surface area contributed by atoms with E-state index in [4.69, 9.17) is 9.31 Å². The van der Waals surface area contributed by atoms with Crippen LogP contribution in [0.2, 0.25) is 0 Å². The fourth-order valence-electron chi connectivity index (χ4n) is 2.46. The summed E-state index contributed by atoms with van der Waals surface area (Å²) in [5, 5.41) is 0. The van der Waals surface area contributed by atoms with Crippen molar-refractivity contribution in [1.82, 2.24) is 0 Å². The topological polar surface area (TPSA) is 35.5 Å². The third kappa shape index (κ3) is 2.53. The Morgan fingerprint density at radius 2 is 1.64 bits per heavy atom. The second kappa shape index (κ2) is 5.34. The monoisotopic (exact) mass is 314 g/mol. The lowest BCUT2D eigenvalue weighted by Crippen LogP contribution is -2.41. The molecule has 0 radical (unpaired) electrons. The van der Waals surface area contributed by atoms with E-state index in [2.05, 4.69) is 0 Å². The SMILES string of the molecule is CC1(C)OB(c2ccccc2-c2ccc(C=O)s2)OC1(C)C. The molecule has 1 saturated heterocycles. The van der Waals surface area contributed by atoms with Crippen LogP contribution in [0.15, 0.2) is 36.4 Å². The Labute approximate surface area is 135 Å². The molecule has 0 N–H and O–H groups in total. The van der Waals surface area contributed by atoms with Crippen LogP contribution in [0.3, 0.4) is 0 Å². The summed E-state index contributed by atoms with van der Waals surface area (Å²) in [6.07, 6.45) is 0.881. The maximum Gasteiger partial charge on any atom is 0.495 e. The van der Waals surface area contributed by atoms with Crippen molar-refractivity contribution in [3.8, 4) is 10.4 Å². The van der Waals surface area contributed by atoms with Gasteiger partial charge in [-0.3, -0.25) is 4.79 Å². The number of carbonyl (C=O) groups excluding carboxylic acids is 1. The van der Waals surface area contributed by atoms with E-state index in [0.717, 1.165) is 27.1 Å². The lowest BCUT2D eigenvalue weighted by atomic mass is 9.75. The summed E-state index contributed by atoms with van der Waals surface area (Å²) >= 11 is 1.48. The van der Waals surface area contributed by atoms with Gasteiger partial charge >= 0.3 is 7.12 Å². The van der Waals surface area contributed by atoms with Gasteiger partial charge in [0.05, 0.1) is 16.1 Å². The van der Waals surface area contributed by atoms with Gasteiger partial charge in [0, 0.05) is 4.88 Å². The zero-order chi connectivity index (χ0) is 16.0. The molecular formula is C17H19BO3S. The molecule has 0 spiro atoms. The highest BCUT2D eigenvalue weighted by Crippen LogP contribution is 2.37. The predicted octanol–water partition coefficient (Wildman–Crippen LogP) is 3.53. The van der Waals surface area contributed by atoms with Gasteiger partial charge in [-0.1, -0.05) is 24.3 Å². The molecule has 1 aromatic heterocycles. The number of hydrogen-bond acceptors (Lipinski definition) is 4. The first-order valence-electron chi connectivity index (χ1n) is 7.34. The van der Waals surface area contributed by atoms with E-state index in [-0.39, 0.29) is 11.2 Å². The molecule has 0 aliphatic carbocycles. The molecule has 1 aromatic carbocycles. The van der Waals surface area contributed by atoms with Gasteiger partial charge in [0.1, 0.15) is 0 Å². The Bertz CT molecular complexity index is 689. The largest absolute Gasteiger partial charge is 0.495 e. The van der Waals surface area contributed by atoms with Crippen LogP contribution < -0.4 is 5.46 Å². The first-order valence-corrected chi connectivity index (χ1v) is 8.16. The van der Waals surface area contributed by atoms with Gasteiger partial charge in [-0.05, 0) is 50.9 Å². The molecule has 0 amide bonds. The number of thiophene rings is 1. The standard InChI is InChI=1S/C17H19BO3S/c1-16(2)17(3,4)21-18(20-16)14-8-6-5-7-13(14)15-10-9-12(11-19)22-15/h5-11H,1-4H3. The number of hydrogen-bond donors (Lipinski definition) is 0. The maximum absolute atomic E-state index is 10.9. The summed E-state index contributed by atoms with van der Waals surface area (Å²) in [5.41, 5.74) is 1.32. The minimum absolute atomic E-state index is 0.367. The first kappa shape index (κ1) is 15.5. The Morgan fingerprint density at radius 3 is 2.23 bits per heavy atom. The molecule has 22 heavy (non-hydrogen) atoms. The highest BCUT2D eigenvalue weighted by Gasteiger charge is 2.52. The van der Waals surface area contributed by atoms with Gasteiger partial charge in [0.2, 0.25) is 0 Å². The van der Waals surface area contributed by atoms with Crippen molar-refractivity contribution in [1.29, 1.82) is 0 Å². The van der Waals surface area contributed by atoms with Crippen LogP contribution in [-0.4, -0.2) is 24.6 Å². The smallest absolute Gasteiger partial charge is 0.399 e. The van der Waals surface area contributed by atoms with Crippen molar-refractivity contribution in [2.24, 2.45) is 0 Å². The zero-order valence-electron chi connectivity index (χ0n) is 13.3. The van der Waals surface area contributed by atoms with Gasteiger partial charge in [0.25, 0.3) is 0 Å². The number of carbonyl (C=O) groups is 1. The molecule has 3 nitrogen and oxygen atoms in total. The van der Waals surface area contributed by atoms with E-state index in [0.29, 0.717) is 0 Å². The van der Waals surface area contributed by atoms with Gasteiger partial charge in [-0.15, -0.1) is 11.3 Å². The van der Waals surface area contributed by atoms with Crippen molar-refractivity contribution < 1.29 is 14.1 Å². The lowest BCUT2D eigenvalue weighted by Gasteiger charge is -2.32. The van der Waals surface area contributed by atoms with Crippen LogP contribution in [-0.2, 0) is 9.31 Å². The second-order valence-corrected chi connectivity index (χ2v) is 7.61. The van der Waals surface area contributed by atoms with Crippen LogP contribution in [0.4, 0.5) is 0 Å². The molecule has 2 aromatic rings. The molecule has 3 rings (SSSR count). The molecular weight excluding hydrogens is 295 g/mol. The summed E-state index contributed by atoms with van der Waals surface area (Å²) < 4.78 is 12.3. The van der Waals surface area contributed by atoms with E-state index in [1.54, 1.807) is 0 Å². The number of benzene rings is 1. The molecule has 1 aliphatic heterocycles. The van der Waals surface area contributed by atoms with E-state index < -0.39 is 7.12 Å². The average Bonchev–Trinajstić information content (AvgIpc) is 3.02. The molecule has 0 saturated carbocycles. The van der Waals surface area contributed by atoms with Crippen molar-refractivity contribution in [3.63, 3.8) is 0 Å². The van der Waals surface area contributed by atoms with Gasteiger partial charge < -0.3 is 9.31 Å². The van der Waals surface area contributed by atoms with E-state index in [1.165, 1.54) is 11.3 Å². The second-order valence-electron chi connectivity index (χ2n) is 6.50. The lowest BCUT2D eigenvalue weighted by molar-refractivity contribution is 0.00578. The Hall–Kier alpha value is -1.43. The van der Waals surface area contributed by atoms with Crippen molar-refractivity contribution in [3.05, 3.63) is 41.3 Å². The Morgan fingerprint density at radius 1 is 1.00 bits per heavy atom. The maximum atomic E-state index is 10.9. The van der Waals surface area contributed by atoms with Crippen LogP contribution in [0, 0.1) is 0 Å². The molecule has 1 aliphatic rings. The zero-order valence-corrected chi connectivity index (χ0v) is 14.1. The fraction of sp³-hybridized carbons (Fsp3) is 0.353. The summed E-state index contributed by atoms with van der Waals surface area (Å²) in [6, 6.07) is 11.9. The van der Waals surface area contributed by atoms with E-state index in [1.807, 2.05) is 64.1 Å². The molecule has 1 fully saturated rings. The highest BCUT2D eigenvalue weighted by molar-refractivity contribution is 7.17. The van der Waals surface area contributed by atoms with Gasteiger partial charge in [-0.25, -0.2) is 0 Å². The molecule has 0 unspecified atom stereocenters.